The molecule has 0 heterocycles. The summed E-state index contributed by atoms with van der Waals surface area (Å²) >= 11 is 2.09. The van der Waals surface area contributed by atoms with Gasteiger partial charge in [0.25, 0.3) is 0 Å². The molecule has 29 heavy (non-hydrogen) atoms. The fourth-order valence-electron chi connectivity index (χ4n) is 2.61. The maximum atomic E-state index is 12.3. The van der Waals surface area contributed by atoms with Crippen LogP contribution in [0.1, 0.15) is 26.3 Å². The van der Waals surface area contributed by atoms with Crippen LogP contribution >= 0.6 is 22.6 Å². The number of methoxy groups -OCH3 is 1. The molecule has 0 radical (unpaired) electrons. The second-order valence-corrected chi connectivity index (χ2v) is 7.30. The van der Waals surface area contributed by atoms with Gasteiger partial charge in [-0.3, -0.25) is 0 Å². The molecule has 5 nitrogen and oxygen atoms in total. The Morgan fingerprint density at radius 1 is 0.862 bits per heavy atom. The monoisotopic (exact) mass is 502 g/mol. The summed E-state index contributed by atoms with van der Waals surface area (Å²) in [5.74, 6) is 0.145. The van der Waals surface area contributed by atoms with Gasteiger partial charge in [0.05, 0.1) is 28.4 Å². The highest BCUT2D eigenvalue weighted by Crippen LogP contribution is 2.23. The summed E-state index contributed by atoms with van der Waals surface area (Å²) in [6.45, 7) is 0.301. The van der Waals surface area contributed by atoms with E-state index in [4.69, 9.17) is 14.2 Å². The van der Waals surface area contributed by atoms with E-state index in [0.29, 0.717) is 35.7 Å². The van der Waals surface area contributed by atoms with Crippen molar-refractivity contribution in [1.29, 1.82) is 0 Å². The van der Waals surface area contributed by atoms with Crippen molar-refractivity contribution in [2.24, 2.45) is 0 Å². The smallest absolute Gasteiger partial charge is 0.343 e. The van der Waals surface area contributed by atoms with Gasteiger partial charge in [0.1, 0.15) is 11.5 Å². The van der Waals surface area contributed by atoms with Crippen LogP contribution in [0.2, 0.25) is 0 Å². The van der Waals surface area contributed by atoms with Crippen LogP contribution in [0.25, 0.3) is 0 Å². The summed E-state index contributed by atoms with van der Waals surface area (Å²) in [6, 6.07) is 21.2. The lowest BCUT2D eigenvalue weighted by molar-refractivity contribution is 0.0509. The lowest BCUT2D eigenvalue weighted by atomic mass is 10.2. The molecule has 3 aromatic carbocycles. The standard InChI is InChI=1S/C23H19IO5/c1-27-21-12-9-18(15-20(21)24)23(26)29-19-10-7-17(8-11-19)22(25)28-14-13-16-5-3-2-4-6-16/h2-12,15H,13-14H2,1H3. The Balaban J connectivity index is 1.54. The zero-order chi connectivity index (χ0) is 20.6. The molecule has 0 unspecified atom stereocenters. The molecule has 0 saturated heterocycles. The molecule has 0 aliphatic heterocycles. The lowest BCUT2D eigenvalue weighted by Crippen LogP contribution is -2.10. The summed E-state index contributed by atoms with van der Waals surface area (Å²) in [5, 5.41) is 0. The Labute approximate surface area is 182 Å². The Morgan fingerprint density at radius 2 is 1.55 bits per heavy atom. The fourth-order valence-corrected chi connectivity index (χ4v) is 3.34. The Hall–Kier alpha value is -2.87. The minimum Gasteiger partial charge on any atom is -0.496 e. The number of ether oxygens (including phenoxy) is 3. The van der Waals surface area contributed by atoms with Gasteiger partial charge in [-0.15, -0.1) is 0 Å². The van der Waals surface area contributed by atoms with E-state index in [2.05, 4.69) is 22.6 Å². The predicted octanol–water partition coefficient (Wildman–Crippen LogP) is 4.92. The van der Waals surface area contributed by atoms with Crippen molar-refractivity contribution >= 4 is 34.5 Å². The normalized spacial score (nSPS) is 10.3. The average molecular weight is 502 g/mol. The van der Waals surface area contributed by atoms with Gasteiger partial charge in [-0.2, -0.15) is 0 Å². The first-order valence-electron chi connectivity index (χ1n) is 8.93. The Morgan fingerprint density at radius 3 is 2.21 bits per heavy atom. The molecule has 0 fully saturated rings. The van der Waals surface area contributed by atoms with E-state index in [1.165, 1.54) is 0 Å². The first-order valence-corrected chi connectivity index (χ1v) is 10.0. The zero-order valence-electron chi connectivity index (χ0n) is 15.8. The number of esters is 2. The molecule has 0 spiro atoms. The topological polar surface area (TPSA) is 61.8 Å². The SMILES string of the molecule is COc1ccc(C(=O)Oc2ccc(C(=O)OCCc3ccccc3)cc2)cc1I. The lowest BCUT2D eigenvalue weighted by Gasteiger charge is -2.08. The maximum absolute atomic E-state index is 12.3. The molecule has 0 aliphatic rings. The van der Waals surface area contributed by atoms with Gasteiger partial charge in [0.15, 0.2) is 0 Å². The molecule has 0 aliphatic carbocycles. The number of carbonyl (C=O) groups excluding carboxylic acids is 2. The van der Waals surface area contributed by atoms with Crippen LogP contribution in [0.3, 0.4) is 0 Å². The van der Waals surface area contributed by atoms with Crippen molar-refractivity contribution in [1.82, 2.24) is 0 Å². The van der Waals surface area contributed by atoms with E-state index in [9.17, 15) is 9.59 Å². The van der Waals surface area contributed by atoms with Crippen LogP contribution in [0.4, 0.5) is 0 Å². The molecule has 3 rings (SSSR count). The Kier molecular flexibility index (Phi) is 7.24. The number of hydrogen-bond acceptors (Lipinski definition) is 5. The first-order chi connectivity index (χ1) is 14.1. The van der Waals surface area contributed by atoms with E-state index in [1.807, 2.05) is 30.3 Å². The molecular weight excluding hydrogens is 483 g/mol. The van der Waals surface area contributed by atoms with E-state index < -0.39 is 11.9 Å². The number of benzene rings is 3. The van der Waals surface area contributed by atoms with Crippen molar-refractivity contribution in [2.75, 3.05) is 13.7 Å². The van der Waals surface area contributed by atoms with Crippen molar-refractivity contribution in [3.8, 4) is 11.5 Å². The highest BCUT2D eigenvalue weighted by molar-refractivity contribution is 14.1. The van der Waals surface area contributed by atoms with Crippen LogP contribution < -0.4 is 9.47 Å². The van der Waals surface area contributed by atoms with E-state index >= 15 is 0 Å². The van der Waals surface area contributed by atoms with Gasteiger partial charge in [-0.25, -0.2) is 9.59 Å². The van der Waals surface area contributed by atoms with E-state index in [-0.39, 0.29) is 0 Å². The van der Waals surface area contributed by atoms with Gasteiger partial charge < -0.3 is 14.2 Å². The van der Waals surface area contributed by atoms with Gasteiger partial charge in [0.2, 0.25) is 0 Å². The minimum atomic E-state index is -0.483. The third kappa shape index (κ3) is 5.80. The quantitative estimate of drug-likeness (QED) is 0.261. The molecule has 0 atom stereocenters. The summed E-state index contributed by atoms with van der Waals surface area (Å²) in [5.41, 5.74) is 1.92. The molecule has 0 N–H and O–H groups in total. The molecule has 0 amide bonds. The maximum Gasteiger partial charge on any atom is 0.343 e. The van der Waals surface area contributed by atoms with Gasteiger partial charge in [-0.1, -0.05) is 30.3 Å². The number of carbonyl (C=O) groups is 2. The molecule has 0 saturated carbocycles. The molecular formula is C23H19IO5. The average Bonchev–Trinajstić information content (AvgIpc) is 2.75. The summed E-state index contributed by atoms with van der Waals surface area (Å²) in [4.78, 5) is 24.4. The van der Waals surface area contributed by atoms with Gasteiger partial charge in [0, 0.05) is 6.42 Å². The van der Waals surface area contributed by atoms with Gasteiger partial charge >= 0.3 is 11.9 Å². The third-order valence-corrected chi connectivity index (χ3v) is 5.00. The first kappa shape index (κ1) is 20.9. The van der Waals surface area contributed by atoms with Crippen molar-refractivity contribution < 1.29 is 23.8 Å². The zero-order valence-corrected chi connectivity index (χ0v) is 17.9. The molecule has 6 heteroatoms. The Bertz CT molecular complexity index is 984. The fraction of sp³-hybridized carbons (Fsp3) is 0.130. The summed E-state index contributed by atoms with van der Waals surface area (Å²) in [7, 11) is 1.57. The van der Waals surface area contributed by atoms with E-state index in [1.54, 1.807) is 49.6 Å². The summed E-state index contributed by atoms with van der Waals surface area (Å²) < 4.78 is 16.7. The van der Waals surface area contributed by atoms with Crippen molar-refractivity contribution in [3.05, 3.63) is 93.1 Å². The second kappa shape index (κ2) is 10.1. The minimum absolute atomic E-state index is 0.301. The molecule has 0 aromatic heterocycles. The highest BCUT2D eigenvalue weighted by Gasteiger charge is 2.13. The molecule has 148 valence electrons. The van der Waals surface area contributed by atoms with Crippen LogP contribution in [-0.2, 0) is 11.2 Å². The number of halogens is 1. The van der Waals surface area contributed by atoms with Gasteiger partial charge in [-0.05, 0) is 70.6 Å². The van der Waals surface area contributed by atoms with E-state index in [0.717, 1.165) is 9.13 Å². The van der Waals surface area contributed by atoms with Crippen LogP contribution in [0, 0.1) is 3.57 Å². The second-order valence-electron chi connectivity index (χ2n) is 6.13. The molecule has 3 aromatic rings. The number of hydrogen-bond donors (Lipinski definition) is 0. The van der Waals surface area contributed by atoms with Crippen LogP contribution in [0.15, 0.2) is 72.8 Å². The third-order valence-electron chi connectivity index (χ3n) is 4.15. The molecule has 0 bridgehead atoms. The predicted molar refractivity (Wildman–Crippen MR) is 118 cm³/mol. The summed E-state index contributed by atoms with van der Waals surface area (Å²) in [6.07, 6.45) is 0.656. The van der Waals surface area contributed by atoms with Crippen molar-refractivity contribution in [3.63, 3.8) is 0 Å². The van der Waals surface area contributed by atoms with Crippen molar-refractivity contribution in [2.45, 2.75) is 6.42 Å². The number of rotatable bonds is 7. The van der Waals surface area contributed by atoms with Crippen LogP contribution in [0.5, 0.6) is 11.5 Å². The largest absolute Gasteiger partial charge is 0.496 e. The highest BCUT2D eigenvalue weighted by atomic mass is 127. The van der Waals surface area contributed by atoms with Crippen LogP contribution in [-0.4, -0.2) is 25.7 Å².